The molecule has 0 bridgehead atoms. The summed E-state index contributed by atoms with van der Waals surface area (Å²) in [7, 11) is 0. The molecule has 2 amide bonds. The van der Waals surface area contributed by atoms with E-state index in [0.29, 0.717) is 11.1 Å². The number of amides is 2. The number of halogens is 1. The van der Waals surface area contributed by atoms with Crippen molar-refractivity contribution in [3.05, 3.63) is 35.4 Å². The topological polar surface area (TPSA) is 81.9 Å². The van der Waals surface area contributed by atoms with Gasteiger partial charge < -0.3 is 15.2 Å². The highest BCUT2D eigenvalue weighted by Gasteiger charge is 2.51. The monoisotopic (exact) mass is 376 g/mol. The zero-order valence-electron chi connectivity index (χ0n) is 16.2. The number of hydrogen-bond donors (Lipinski definition) is 1. The summed E-state index contributed by atoms with van der Waals surface area (Å²) in [5, 5.41) is 0. The largest absolute Gasteiger partial charge is 0.444 e. The summed E-state index contributed by atoms with van der Waals surface area (Å²) in [5.74, 6) is 4.17. The molecule has 1 aromatic carbocycles. The molecule has 0 unspecified atom stereocenters. The van der Waals surface area contributed by atoms with Crippen molar-refractivity contribution in [2.24, 2.45) is 5.73 Å². The van der Waals surface area contributed by atoms with Gasteiger partial charge in [-0.15, -0.1) is 0 Å². The molecule has 0 aliphatic carbocycles. The molecule has 27 heavy (non-hydrogen) atoms. The molecule has 0 aromatic heterocycles. The average molecular weight is 376 g/mol. The summed E-state index contributed by atoms with van der Waals surface area (Å²) in [6, 6.07) is 6.01. The number of ether oxygens (including phenoxy) is 2. The number of benzene rings is 1. The Morgan fingerprint density at radius 3 is 2.37 bits per heavy atom. The van der Waals surface area contributed by atoms with Crippen LogP contribution in [0.3, 0.4) is 0 Å². The molecular weight excluding hydrogens is 351 g/mol. The van der Waals surface area contributed by atoms with E-state index in [4.69, 9.17) is 15.2 Å². The Kier molecular flexibility index (Phi) is 5.81. The lowest BCUT2D eigenvalue weighted by Crippen LogP contribution is -2.50. The van der Waals surface area contributed by atoms with E-state index in [0.717, 1.165) is 0 Å². The third-order valence-electron chi connectivity index (χ3n) is 3.99. The zero-order valence-corrected chi connectivity index (χ0v) is 16.2. The maximum absolute atomic E-state index is 13.9. The van der Waals surface area contributed by atoms with Crippen LogP contribution in [0.2, 0.25) is 0 Å². The quantitative estimate of drug-likeness (QED) is 0.805. The van der Waals surface area contributed by atoms with Crippen molar-refractivity contribution in [3.63, 3.8) is 0 Å². The molecule has 1 heterocycles. The predicted octanol–water partition coefficient (Wildman–Crippen LogP) is 2.91. The van der Waals surface area contributed by atoms with Crippen LogP contribution in [0.5, 0.6) is 0 Å². The van der Waals surface area contributed by atoms with E-state index in [2.05, 4.69) is 11.8 Å². The van der Waals surface area contributed by atoms with Gasteiger partial charge in [0.2, 0.25) is 0 Å². The minimum Gasteiger partial charge on any atom is -0.444 e. The summed E-state index contributed by atoms with van der Waals surface area (Å²) in [6.45, 7) is 7.88. The fourth-order valence-corrected chi connectivity index (χ4v) is 2.98. The van der Waals surface area contributed by atoms with Gasteiger partial charge in [-0.1, -0.05) is 18.1 Å². The molecule has 1 aliphatic heterocycles. The van der Waals surface area contributed by atoms with Crippen LogP contribution in [0.4, 0.5) is 9.18 Å². The Bertz CT molecular complexity index is 772. The molecule has 2 N–H and O–H groups in total. The first-order chi connectivity index (χ1) is 12.4. The average Bonchev–Trinajstić information content (AvgIpc) is 2.82. The van der Waals surface area contributed by atoms with Crippen molar-refractivity contribution in [3.8, 4) is 11.8 Å². The maximum atomic E-state index is 13.9. The molecule has 1 fully saturated rings. The number of alkyl halides is 1. The number of rotatable bonds is 2. The van der Waals surface area contributed by atoms with E-state index in [1.165, 1.54) is 4.90 Å². The standard InChI is InChI=1S/C20H25FN2O4/c1-19(2,3)27-18(25)23-15(12-21)17(26-20(23,4)5)14-9-6-13(7-10-14)8-11-16(22)24/h6-7,9-10,15,17H,12H2,1-5H3,(H2,22,24)/t15-,17-/m1/s1. The molecule has 0 spiro atoms. The third-order valence-corrected chi connectivity index (χ3v) is 3.99. The van der Waals surface area contributed by atoms with Crippen LogP contribution in [-0.2, 0) is 14.3 Å². The van der Waals surface area contributed by atoms with Crippen molar-refractivity contribution in [2.45, 2.75) is 58.1 Å². The fraction of sp³-hybridized carbons (Fsp3) is 0.500. The first-order valence-corrected chi connectivity index (χ1v) is 8.62. The maximum Gasteiger partial charge on any atom is 0.413 e. The van der Waals surface area contributed by atoms with Crippen molar-refractivity contribution in [2.75, 3.05) is 6.67 Å². The van der Waals surface area contributed by atoms with E-state index in [1.54, 1.807) is 58.9 Å². The van der Waals surface area contributed by atoms with Gasteiger partial charge in [0.25, 0.3) is 5.91 Å². The van der Waals surface area contributed by atoms with Crippen LogP contribution >= 0.6 is 0 Å². The molecule has 2 rings (SSSR count). The van der Waals surface area contributed by atoms with Crippen LogP contribution in [0.1, 0.15) is 51.8 Å². The molecule has 146 valence electrons. The van der Waals surface area contributed by atoms with Crippen LogP contribution in [0.25, 0.3) is 0 Å². The second-order valence-corrected chi connectivity index (χ2v) is 7.79. The van der Waals surface area contributed by atoms with Crippen LogP contribution in [0, 0.1) is 11.8 Å². The molecule has 1 saturated heterocycles. The summed E-state index contributed by atoms with van der Waals surface area (Å²) >= 11 is 0. The SMILES string of the molecule is CC(C)(C)OC(=O)N1[C@H](CF)[C@@H](c2ccc(C#CC(N)=O)cc2)OC1(C)C. The van der Waals surface area contributed by atoms with Crippen LogP contribution < -0.4 is 5.73 Å². The lowest BCUT2D eigenvalue weighted by molar-refractivity contribution is -0.112. The number of carbonyl (C=O) groups is 2. The molecule has 1 aromatic rings. The van der Waals surface area contributed by atoms with Crippen molar-refractivity contribution < 1.29 is 23.5 Å². The van der Waals surface area contributed by atoms with Gasteiger partial charge >= 0.3 is 6.09 Å². The smallest absolute Gasteiger partial charge is 0.413 e. The zero-order chi connectivity index (χ0) is 20.4. The number of hydrogen-bond acceptors (Lipinski definition) is 4. The van der Waals surface area contributed by atoms with Gasteiger partial charge in [-0.3, -0.25) is 9.69 Å². The van der Waals surface area contributed by atoms with E-state index >= 15 is 0 Å². The second-order valence-electron chi connectivity index (χ2n) is 7.79. The lowest BCUT2D eigenvalue weighted by atomic mass is 10.0. The highest BCUT2D eigenvalue weighted by molar-refractivity contribution is 5.92. The van der Waals surface area contributed by atoms with Crippen molar-refractivity contribution in [1.29, 1.82) is 0 Å². The Hall–Kier alpha value is -2.59. The Morgan fingerprint density at radius 2 is 1.89 bits per heavy atom. The third kappa shape index (κ3) is 4.98. The second kappa shape index (κ2) is 7.57. The molecular formula is C20H25FN2O4. The summed E-state index contributed by atoms with van der Waals surface area (Å²) in [6.07, 6.45) is -1.28. The van der Waals surface area contributed by atoms with Gasteiger partial charge in [0.05, 0.1) is 6.04 Å². The van der Waals surface area contributed by atoms with E-state index in [1.807, 2.05) is 0 Å². The summed E-state index contributed by atoms with van der Waals surface area (Å²) in [4.78, 5) is 24.7. The molecule has 0 radical (unpaired) electrons. The number of nitrogens with two attached hydrogens (primary N) is 1. The Morgan fingerprint density at radius 1 is 1.30 bits per heavy atom. The number of nitrogens with zero attached hydrogens (tertiary/aromatic N) is 1. The van der Waals surface area contributed by atoms with Crippen LogP contribution in [-0.4, -0.2) is 40.9 Å². The highest BCUT2D eigenvalue weighted by atomic mass is 19.1. The van der Waals surface area contributed by atoms with E-state index < -0.39 is 42.1 Å². The van der Waals surface area contributed by atoms with Crippen molar-refractivity contribution >= 4 is 12.0 Å². The van der Waals surface area contributed by atoms with Crippen LogP contribution in [0.15, 0.2) is 24.3 Å². The predicted molar refractivity (Wildman–Crippen MR) is 98.3 cm³/mol. The molecule has 6 nitrogen and oxygen atoms in total. The van der Waals surface area contributed by atoms with Crippen molar-refractivity contribution in [1.82, 2.24) is 4.90 Å². The molecule has 2 atom stereocenters. The highest BCUT2D eigenvalue weighted by Crippen LogP contribution is 2.42. The summed E-state index contributed by atoms with van der Waals surface area (Å²) < 4.78 is 25.3. The fourth-order valence-electron chi connectivity index (χ4n) is 2.98. The lowest BCUT2D eigenvalue weighted by Gasteiger charge is -2.34. The van der Waals surface area contributed by atoms with Gasteiger partial charge in [0, 0.05) is 5.56 Å². The molecule has 0 saturated carbocycles. The van der Waals surface area contributed by atoms with E-state index in [9.17, 15) is 14.0 Å². The summed E-state index contributed by atoms with van der Waals surface area (Å²) in [5.41, 5.74) is 4.55. The normalized spacial score (nSPS) is 21.3. The van der Waals surface area contributed by atoms with Gasteiger partial charge in [0.1, 0.15) is 24.1 Å². The number of carbonyl (C=O) groups excluding carboxylic acids is 2. The minimum atomic E-state index is -1.03. The Balaban J connectivity index is 2.29. The Labute approximate surface area is 158 Å². The minimum absolute atomic E-state index is 0.593. The van der Waals surface area contributed by atoms with Gasteiger partial charge in [-0.05, 0) is 58.2 Å². The molecule has 1 aliphatic rings. The van der Waals surface area contributed by atoms with Gasteiger partial charge in [-0.25, -0.2) is 9.18 Å². The number of primary amides is 1. The van der Waals surface area contributed by atoms with Gasteiger partial charge in [0.15, 0.2) is 0 Å². The first-order valence-electron chi connectivity index (χ1n) is 8.62. The molecule has 7 heteroatoms. The first kappa shape index (κ1) is 20.7. The van der Waals surface area contributed by atoms with Gasteiger partial charge in [-0.2, -0.15) is 0 Å². The van der Waals surface area contributed by atoms with E-state index in [-0.39, 0.29) is 0 Å².